The Morgan fingerprint density at radius 3 is 2.86 bits per heavy atom. The smallest absolute Gasteiger partial charge is 0.183 e. The Labute approximate surface area is 143 Å². The van der Waals surface area contributed by atoms with E-state index in [1.807, 2.05) is 5.38 Å². The molecule has 1 N–H and O–H groups in total. The Balaban J connectivity index is 1.38. The Hall–Kier alpha value is -0.910. The largest absolute Gasteiger partial charge is 0.358 e. The minimum atomic E-state index is 0.587. The second kappa shape index (κ2) is 6.30. The van der Waals surface area contributed by atoms with Crippen LogP contribution in [-0.2, 0) is 6.54 Å². The molecule has 2 aromatic rings. The number of rotatable bonds is 4. The molecule has 2 heterocycles. The van der Waals surface area contributed by atoms with Crippen molar-refractivity contribution in [2.75, 3.05) is 18.4 Å². The second-order valence-electron chi connectivity index (χ2n) is 6.41. The molecule has 2 fully saturated rings. The summed E-state index contributed by atoms with van der Waals surface area (Å²) in [4.78, 5) is 7.11. The maximum atomic E-state index is 4.49. The van der Waals surface area contributed by atoms with Gasteiger partial charge in [0.2, 0.25) is 0 Å². The molecule has 22 heavy (non-hydrogen) atoms. The summed E-state index contributed by atoms with van der Waals surface area (Å²) in [5, 5.41) is 6.77. The highest BCUT2D eigenvalue weighted by molar-refractivity contribution is 9.10. The topological polar surface area (TPSA) is 28.2 Å². The molecule has 1 saturated carbocycles. The number of nitrogens with one attached hydrogen (secondary N) is 1. The summed E-state index contributed by atoms with van der Waals surface area (Å²) in [6.07, 6.45) is 2.63. The van der Waals surface area contributed by atoms with Crippen LogP contribution in [0.2, 0.25) is 0 Å². The molecule has 0 radical (unpaired) electrons. The molecule has 1 aliphatic carbocycles. The third-order valence-electron chi connectivity index (χ3n) is 4.97. The molecule has 0 bridgehead atoms. The predicted octanol–water partition coefficient (Wildman–Crippen LogP) is 4.23. The van der Waals surface area contributed by atoms with E-state index >= 15 is 0 Å². The van der Waals surface area contributed by atoms with Gasteiger partial charge in [0, 0.05) is 31.1 Å². The number of nitrogens with zero attached hydrogens (tertiary/aromatic N) is 2. The molecule has 1 aromatic carbocycles. The molecule has 2 aliphatic rings. The molecular weight excluding hydrogens is 358 g/mol. The van der Waals surface area contributed by atoms with Gasteiger partial charge in [-0.15, -0.1) is 11.3 Å². The van der Waals surface area contributed by atoms with Crippen LogP contribution in [0.1, 0.15) is 18.4 Å². The van der Waals surface area contributed by atoms with Gasteiger partial charge in [-0.25, -0.2) is 4.98 Å². The zero-order valence-electron chi connectivity index (χ0n) is 12.4. The van der Waals surface area contributed by atoms with Crippen LogP contribution < -0.4 is 5.32 Å². The van der Waals surface area contributed by atoms with E-state index in [-0.39, 0.29) is 0 Å². The summed E-state index contributed by atoms with van der Waals surface area (Å²) in [6.45, 7) is 3.55. The van der Waals surface area contributed by atoms with Crippen LogP contribution in [-0.4, -0.2) is 29.0 Å². The predicted molar refractivity (Wildman–Crippen MR) is 95.2 cm³/mol. The number of aromatic nitrogens is 1. The molecule has 1 aliphatic heterocycles. The number of thiazole rings is 1. The molecule has 116 valence electrons. The average Bonchev–Trinajstić information content (AvgIpc) is 3.19. The molecule has 3 atom stereocenters. The van der Waals surface area contributed by atoms with Gasteiger partial charge >= 0.3 is 0 Å². The van der Waals surface area contributed by atoms with Gasteiger partial charge in [-0.2, -0.15) is 0 Å². The lowest BCUT2D eigenvalue weighted by Gasteiger charge is -2.21. The van der Waals surface area contributed by atoms with E-state index in [0.717, 1.165) is 28.1 Å². The van der Waals surface area contributed by atoms with Crippen molar-refractivity contribution in [3.05, 3.63) is 45.9 Å². The summed E-state index contributed by atoms with van der Waals surface area (Å²) in [5.74, 6) is 1.62. The van der Waals surface area contributed by atoms with Crippen LogP contribution in [0.15, 0.2) is 40.3 Å². The summed E-state index contributed by atoms with van der Waals surface area (Å²) in [5.41, 5.74) is 1.43. The number of likely N-dealkylation sites (tertiary alicyclic amines) is 1. The van der Waals surface area contributed by atoms with E-state index in [2.05, 4.69) is 61.5 Å². The van der Waals surface area contributed by atoms with E-state index < -0.39 is 0 Å². The number of halogens is 1. The van der Waals surface area contributed by atoms with Gasteiger partial charge in [0.15, 0.2) is 5.13 Å². The molecule has 3 unspecified atom stereocenters. The first kappa shape index (κ1) is 14.7. The third kappa shape index (κ3) is 3.07. The number of fused-ring (bicyclic) bond motifs is 1. The van der Waals surface area contributed by atoms with Crippen molar-refractivity contribution in [3.63, 3.8) is 0 Å². The first-order valence-corrected chi connectivity index (χ1v) is 9.59. The number of benzene rings is 1. The minimum absolute atomic E-state index is 0.587. The van der Waals surface area contributed by atoms with Gasteiger partial charge in [-0.1, -0.05) is 30.3 Å². The highest BCUT2D eigenvalue weighted by Crippen LogP contribution is 2.40. The zero-order chi connectivity index (χ0) is 14.9. The summed E-state index contributed by atoms with van der Waals surface area (Å²) in [6, 6.07) is 11.4. The maximum absolute atomic E-state index is 4.49. The van der Waals surface area contributed by atoms with Crippen LogP contribution in [0.5, 0.6) is 0 Å². The van der Waals surface area contributed by atoms with Crippen molar-refractivity contribution in [2.24, 2.45) is 11.8 Å². The molecular formula is C17H20BrN3S. The first-order valence-electron chi connectivity index (χ1n) is 7.92. The summed E-state index contributed by atoms with van der Waals surface area (Å²) in [7, 11) is 0. The van der Waals surface area contributed by atoms with Crippen molar-refractivity contribution >= 4 is 32.4 Å². The molecule has 4 rings (SSSR count). The minimum Gasteiger partial charge on any atom is -0.358 e. The second-order valence-corrected chi connectivity index (χ2v) is 8.08. The molecule has 1 saturated heterocycles. The quantitative estimate of drug-likeness (QED) is 0.863. The molecule has 5 heteroatoms. The lowest BCUT2D eigenvalue weighted by atomic mass is 9.98. The van der Waals surface area contributed by atoms with Gasteiger partial charge in [0.05, 0.1) is 0 Å². The van der Waals surface area contributed by atoms with Crippen LogP contribution in [0, 0.1) is 11.8 Å². The number of anilines is 1. The Bertz CT molecular complexity index is 630. The van der Waals surface area contributed by atoms with Crippen molar-refractivity contribution < 1.29 is 0 Å². The van der Waals surface area contributed by atoms with Gasteiger partial charge in [-0.05, 0) is 46.2 Å². The van der Waals surface area contributed by atoms with E-state index in [1.54, 1.807) is 11.3 Å². The van der Waals surface area contributed by atoms with E-state index in [1.165, 1.54) is 31.5 Å². The van der Waals surface area contributed by atoms with Crippen LogP contribution in [0.3, 0.4) is 0 Å². The highest BCUT2D eigenvalue weighted by Gasteiger charge is 2.42. The standard InChI is InChI=1S/C17H20BrN3S/c18-16-11-22-17(20-16)19-15-7-6-13-9-21(10-14(13)15)8-12-4-2-1-3-5-12/h1-5,11,13-15H,6-10H2,(H,19,20). The molecule has 1 aromatic heterocycles. The number of hydrogen-bond acceptors (Lipinski definition) is 4. The fourth-order valence-corrected chi connectivity index (χ4v) is 5.19. The van der Waals surface area contributed by atoms with Gasteiger partial charge in [0.1, 0.15) is 4.60 Å². The van der Waals surface area contributed by atoms with Crippen LogP contribution in [0.25, 0.3) is 0 Å². The summed E-state index contributed by atoms with van der Waals surface area (Å²) >= 11 is 5.13. The maximum Gasteiger partial charge on any atom is 0.183 e. The van der Waals surface area contributed by atoms with E-state index in [0.29, 0.717) is 6.04 Å². The molecule has 3 nitrogen and oxygen atoms in total. The third-order valence-corrected chi connectivity index (χ3v) is 6.45. The fourth-order valence-electron chi connectivity index (χ4n) is 3.99. The highest BCUT2D eigenvalue weighted by atomic mass is 79.9. The van der Waals surface area contributed by atoms with Crippen molar-refractivity contribution in [2.45, 2.75) is 25.4 Å². The monoisotopic (exact) mass is 377 g/mol. The SMILES string of the molecule is Brc1csc(NC2CCC3CN(Cc4ccccc4)CC32)n1. The Morgan fingerprint density at radius 1 is 1.23 bits per heavy atom. The van der Waals surface area contributed by atoms with Crippen molar-refractivity contribution in [1.29, 1.82) is 0 Å². The van der Waals surface area contributed by atoms with Crippen molar-refractivity contribution in [1.82, 2.24) is 9.88 Å². The first-order chi connectivity index (χ1) is 10.8. The van der Waals surface area contributed by atoms with E-state index in [9.17, 15) is 0 Å². The lowest BCUT2D eigenvalue weighted by Crippen LogP contribution is -2.29. The Kier molecular flexibility index (Phi) is 4.20. The van der Waals surface area contributed by atoms with Crippen LogP contribution >= 0.6 is 27.3 Å². The van der Waals surface area contributed by atoms with Gasteiger partial charge < -0.3 is 5.32 Å². The average molecular weight is 378 g/mol. The lowest BCUT2D eigenvalue weighted by molar-refractivity contribution is 0.300. The van der Waals surface area contributed by atoms with Gasteiger partial charge in [-0.3, -0.25) is 4.90 Å². The fraction of sp³-hybridized carbons (Fsp3) is 0.471. The summed E-state index contributed by atoms with van der Waals surface area (Å²) < 4.78 is 0.937. The molecule has 0 amide bonds. The zero-order valence-corrected chi connectivity index (χ0v) is 14.8. The van der Waals surface area contributed by atoms with Gasteiger partial charge in [0.25, 0.3) is 0 Å². The molecule has 0 spiro atoms. The van der Waals surface area contributed by atoms with Crippen molar-refractivity contribution in [3.8, 4) is 0 Å². The number of hydrogen-bond donors (Lipinski definition) is 1. The van der Waals surface area contributed by atoms with E-state index in [4.69, 9.17) is 0 Å². The van der Waals surface area contributed by atoms with Crippen LogP contribution in [0.4, 0.5) is 5.13 Å². The normalized spacial score (nSPS) is 28.0. The Morgan fingerprint density at radius 2 is 2.09 bits per heavy atom.